The topological polar surface area (TPSA) is 71.1 Å². The summed E-state index contributed by atoms with van der Waals surface area (Å²) >= 11 is 5.86. The van der Waals surface area contributed by atoms with Crippen molar-refractivity contribution in [1.29, 1.82) is 0 Å². The minimum atomic E-state index is -3.65. The summed E-state index contributed by atoms with van der Waals surface area (Å²) in [7, 11) is -3.65. The van der Waals surface area contributed by atoms with Gasteiger partial charge in [-0.25, -0.2) is 0 Å². The van der Waals surface area contributed by atoms with Crippen LogP contribution in [0.25, 0.3) is 0 Å². The first-order chi connectivity index (χ1) is 12.2. The number of hydrogen-bond donors (Lipinski definition) is 0. The summed E-state index contributed by atoms with van der Waals surface area (Å²) in [5.74, 6) is 0.0704. The number of ketones is 1. The molecule has 162 valence electrons. The minimum Gasteiger partial charge on any atom is -0.326 e. The average molecular weight is 445 g/mol. The van der Waals surface area contributed by atoms with E-state index in [2.05, 4.69) is 0 Å². The van der Waals surface area contributed by atoms with E-state index >= 15 is 0 Å². The second kappa shape index (κ2) is 12.2. The molecule has 0 N–H and O–H groups in total. The molecule has 0 saturated heterocycles. The lowest BCUT2D eigenvalue weighted by atomic mass is 10.2. The summed E-state index contributed by atoms with van der Waals surface area (Å²) in [6.45, 7) is 13.2. The highest BCUT2D eigenvalue weighted by atomic mass is 32.5. The van der Waals surface area contributed by atoms with Gasteiger partial charge >= 0.3 is 7.60 Å². The van der Waals surface area contributed by atoms with Crippen LogP contribution in [0, 0.1) is 0 Å². The fraction of sp³-hybridized carbons (Fsp3) is 0.944. The van der Waals surface area contributed by atoms with Gasteiger partial charge in [0.1, 0.15) is 11.2 Å². The molecule has 0 rings (SSSR count). The average Bonchev–Trinajstić information content (AvgIpc) is 2.38. The molecule has 0 fully saturated rings. The van der Waals surface area contributed by atoms with Crippen molar-refractivity contribution in [3.8, 4) is 0 Å². The van der Waals surface area contributed by atoms with Crippen LogP contribution in [0.4, 0.5) is 0 Å². The van der Waals surface area contributed by atoms with Crippen LogP contribution in [0.2, 0.25) is 0 Å². The molecule has 0 aromatic rings. The molecule has 1 unspecified atom stereocenters. The Bertz CT molecular complexity index is 482. The van der Waals surface area contributed by atoms with Gasteiger partial charge in [-0.15, -0.1) is 0 Å². The summed E-state index contributed by atoms with van der Waals surface area (Å²) in [6, 6.07) is 0. The first-order valence-electron chi connectivity index (χ1n) is 9.64. The first-order valence-corrected chi connectivity index (χ1v) is 14.0. The van der Waals surface area contributed by atoms with E-state index in [1.165, 1.54) is 6.92 Å². The third-order valence-electron chi connectivity index (χ3n) is 3.15. The summed E-state index contributed by atoms with van der Waals surface area (Å²) < 4.78 is 37.7. The van der Waals surface area contributed by atoms with Crippen LogP contribution in [-0.2, 0) is 39.3 Å². The molecule has 0 aromatic carbocycles. The van der Waals surface area contributed by atoms with Crippen molar-refractivity contribution in [3.63, 3.8) is 0 Å². The highest BCUT2D eigenvalue weighted by Crippen LogP contribution is 2.73. The Hall–Kier alpha value is 0.390. The molecular weight excluding hydrogens is 406 g/mol. The highest BCUT2D eigenvalue weighted by Gasteiger charge is 2.49. The maximum absolute atomic E-state index is 13.9. The minimum absolute atomic E-state index is 0.0704. The Morgan fingerprint density at radius 3 is 1.48 bits per heavy atom. The Balaban J connectivity index is 6.13. The van der Waals surface area contributed by atoms with E-state index in [-0.39, 0.29) is 30.2 Å². The standard InChI is InChI=1S/C18H38O6P2S/c1-13(2)21-25(20,22-14(3)4)18(12-10-11-17(9)19)26(27,23-15(5)6)24-16(7)8/h13-16,18H,10-12H2,1-9H3. The normalized spacial score (nSPS) is 14.6. The zero-order valence-electron chi connectivity index (χ0n) is 18.3. The molecule has 0 heterocycles. The fourth-order valence-corrected chi connectivity index (χ4v) is 11.0. The van der Waals surface area contributed by atoms with E-state index in [9.17, 15) is 9.36 Å². The van der Waals surface area contributed by atoms with Crippen LogP contribution in [-0.4, -0.2) is 35.6 Å². The van der Waals surface area contributed by atoms with Gasteiger partial charge in [0.25, 0.3) is 0 Å². The van der Waals surface area contributed by atoms with Crippen LogP contribution in [0.1, 0.15) is 81.6 Å². The molecule has 6 nitrogen and oxygen atoms in total. The van der Waals surface area contributed by atoms with Crippen molar-refractivity contribution in [2.45, 2.75) is 111 Å². The lowest BCUT2D eigenvalue weighted by Crippen LogP contribution is -2.23. The Morgan fingerprint density at radius 1 is 0.815 bits per heavy atom. The molecule has 0 amide bonds. The van der Waals surface area contributed by atoms with E-state index in [4.69, 9.17) is 29.9 Å². The largest absolute Gasteiger partial charge is 0.343 e. The zero-order valence-corrected chi connectivity index (χ0v) is 20.9. The molecule has 0 radical (unpaired) electrons. The lowest BCUT2D eigenvalue weighted by Gasteiger charge is -2.38. The predicted octanol–water partition coefficient (Wildman–Crippen LogP) is 6.27. The van der Waals surface area contributed by atoms with Crippen LogP contribution in [0.3, 0.4) is 0 Å². The van der Waals surface area contributed by atoms with Gasteiger partial charge in [0.2, 0.25) is 6.49 Å². The van der Waals surface area contributed by atoms with Gasteiger partial charge in [0, 0.05) is 6.42 Å². The molecule has 9 heteroatoms. The third kappa shape index (κ3) is 10.7. The van der Waals surface area contributed by atoms with E-state index in [1.807, 2.05) is 27.7 Å². The molecule has 0 spiro atoms. The molecule has 0 aliphatic rings. The Labute approximate surface area is 170 Å². The molecule has 0 aromatic heterocycles. The Morgan fingerprint density at radius 2 is 1.19 bits per heavy atom. The van der Waals surface area contributed by atoms with Gasteiger partial charge in [-0.2, -0.15) is 0 Å². The second-order valence-corrected chi connectivity index (χ2v) is 14.0. The van der Waals surface area contributed by atoms with Crippen molar-refractivity contribution >= 4 is 31.7 Å². The van der Waals surface area contributed by atoms with E-state index in [0.29, 0.717) is 19.3 Å². The molecule has 0 aliphatic carbocycles. The summed E-state index contributed by atoms with van der Waals surface area (Å²) in [5.41, 5.74) is 0. The van der Waals surface area contributed by atoms with E-state index in [0.717, 1.165) is 0 Å². The number of Topliss-reactive ketones (excluding diaryl/α,β-unsaturated/α-hetero) is 1. The van der Waals surface area contributed by atoms with Gasteiger partial charge in [-0.3, -0.25) is 4.57 Å². The third-order valence-corrected chi connectivity index (χ3v) is 11.5. The molecule has 27 heavy (non-hydrogen) atoms. The Kier molecular flexibility index (Phi) is 12.3. The zero-order chi connectivity index (χ0) is 21.4. The van der Waals surface area contributed by atoms with Crippen molar-refractivity contribution in [2.24, 2.45) is 0 Å². The predicted molar refractivity (Wildman–Crippen MR) is 115 cm³/mol. The molecule has 1 atom stereocenters. The quantitative estimate of drug-likeness (QED) is 0.292. The summed E-state index contributed by atoms with van der Waals surface area (Å²) in [5, 5.41) is -0.728. The van der Waals surface area contributed by atoms with Crippen molar-refractivity contribution in [2.75, 3.05) is 0 Å². The monoisotopic (exact) mass is 444 g/mol. The number of carbonyl (C=O) groups excluding carboxylic acids is 1. The van der Waals surface area contributed by atoms with Crippen LogP contribution >= 0.6 is 14.1 Å². The van der Waals surface area contributed by atoms with Crippen molar-refractivity contribution < 1.29 is 27.5 Å². The lowest BCUT2D eigenvalue weighted by molar-refractivity contribution is -0.117. The van der Waals surface area contributed by atoms with Gasteiger partial charge in [-0.05, 0) is 87.0 Å². The smallest absolute Gasteiger partial charge is 0.326 e. The number of hydrogen-bond acceptors (Lipinski definition) is 7. The first kappa shape index (κ1) is 27.4. The summed E-state index contributed by atoms with van der Waals surface area (Å²) in [6.07, 6.45) is 0.255. The van der Waals surface area contributed by atoms with Crippen molar-refractivity contribution in [3.05, 3.63) is 0 Å². The van der Waals surface area contributed by atoms with Crippen molar-refractivity contribution in [1.82, 2.24) is 0 Å². The summed E-state index contributed by atoms with van der Waals surface area (Å²) in [4.78, 5) is 11.4. The van der Waals surface area contributed by atoms with E-state index < -0.39 is 19.5 Å². The van der Waals surface area contributed by atoms with E-state index in [1.54, 1.807) is 27.7 Å². The molecule has 0 bridgehead atoms. The molecule has 0 aliphatic heterocycles. The molecule has 0 saturated carbocycles. The second-order valence-electron chi connectivity index (χ2n) is 7.77. The van der Waals surface area contributed by atoms with Gasteiger partial charge < -0.3 is 22.9 Å². The SMILES string of the molecule is CC(=O)CCCC(P(=O)(OC(C)C)OC(C)C)P(=S)(OC(C)C)OC(C)C. The van der Waals surface area contributed by atoms with Crippen LogP contribution in [0.15, 0.2) is 0 Å². The van der Waals surface area contributed by atoms with Crippen LogP contribution < -0.4 is 0 Å². The number of carbonyl (C=O) groups is 1. The highest BCUT2D eigenvalue weighted by molar-refractivity contribution is 8.12. The fourth-order valence-electron chi connectivity index (χ4n) is 2.53. The van der Waals surface area contributed by atoms with Gasteiger partial charge in [0.05, 0.1) is 24.4 Å². The van der Waals surface area contributed by atoms with Gasteiger partial charge in [-0.1, -0.05) is 0 Å². The molecular formula is C18H38O6P2S. The van der Waals surface area contributed by atoms with Crippen LogP contribution in [0.5, 0.6) is 0 Å². The maximum Gasteiger partial charge on any atom is 0.343 e. The van der Waals surface area contributed by atoms with Gasteiger partial charge in [0.15, 0.2) is 0 Å². The maximum atomic E-state index is 13.9. The number of rotatable bonds is 14.